The number of nitrogens with zero attached hydrogens (tertiary/aromatic N) is 1. The van der Waals surface area contributed by atoms with Crippen LogP contribution in [0.3, 0.4) is 0 Å². The Bertz CT molecular complexity index is 1300. The molecule has 3 aliphatic rings. The van der Waals surface area contributed by atoms with Gasteiger partial charge in [-0.25, -0.2) is 0 Å². The van der Waals surface area contributed by atoms with Crippen molar-refractivity contribution >= 4 is 21.6 Å². The Hall–Kier alpha value is -1.11. The number of ether oxygens (including phenoxy) is 3. The Morgan fingerprint density at radius 3 is 2.11 bits per heavy atom. The van der Waals surface area contributed by atoms with Crippen LogP contribution in [0.1, 0.15) is 94.6 Å². The predicted molar refractivity (Wildman–Crippen MR) is 201 cm³/mol. The van der Waals surface area contributed by atoms with Gasteiger partial charge < -0.3 is 29.3 Å². The summed E-state index contributed by atoms with van der Waals surface area (Å²) in [6.07, 6.45) is -8.16. The largest absolute Gasteiger partial charge is 0.494 e. The van der Waals surface area contributed by atoms with Crippen molar-refractivity contribution in [2.45, 2.75) is 120 Å². The van der Waals surface area contributed by atoms with E-state index in [1.54, 1.807) is 0 Å². The van der Waals surface area contributed by atoms with Crippen molar-refractivity contribution in [3.63, 3.8) is 0 Å². The van der Waals surface area contributed by atoms with E-state index in [4.69, 9.17) is 19.7 Å². The molecule has 0 saturated heterocycles. The van der Waals surface area contributed by atoms with Crippen molar-refractivity contribution in [1.82, 2.24) is 4.90 Å². The zero-order valence-electron chi connectivity index (χ0n) is 32.3. The lowest BCUT2D eigenvalue weighted by Gasteiger charge is -2.50. The van der Waals surface area contributed by atoms with Gasteiger partial charge in [0.05, 0.1) is 25.9 Å². The molecule has 1 aromatic carbocycles. The second-order valence-corrected chi connectivity index (χ2v) is 18.6. The zero-order valence-corrected chi connectivity index (χ0v) is 33.9. The van der Waals surface area contributed by atoms with Crippen LogP contribution in [-0.4, -0.2) is 110 Å². The average Bonchev–Trinajstić information content (AvgIpc) is 3.46. The summed E-state index contributed by atoms with van der Waals surface area (Å²) in [5.41, 5.74) is -3.61. The van der Waals surface area contributed by atoms with Crippen LogP contribution < -0.4 is 4.74 Å². The number of halogens is 9. The first-order valence-corrected chi connectivity index (χ1v) is 22.2. The third-order valence-electron chi connectivity index (χ3n) is 12.2. The summed E-state index contributed by atoms with van der Waals surface area (Å²) >= 11 is 0. The summed E-state index contributed by atoms with van der Waals surface area (Å²) < 4.78 is 134. The van der Waals surface area contributed by atoms with Gasteiger partial charge in [-0.05, 0) is 111 Å². The first-order valence-electron chi connectivity index (χ1n) is 19.8. The quantitative estimate of drug-likeness (QED) is 0.0641. The van der Waals surface area contributed by atoms with Gasteiger partial charge in [0.25, 0.3) is 0 Å². The predicted octanol–water partition coefficient (Wildman–Crippen LogP) is 10.0. The average molecular weight is 856 g/mol. The third-order valence-corrected chi connectivity index (χ3v) is 14.8. The van der Waals surface area contributed by atoms with E-state index < -0.39 is 37.3 Å². The molecule has 5 unspecified atom stereocenters. The van der Waals surface area contributed by atoms with Gasteiger partial charge in [0.15, 0.2) is 0 Å². The van der Waals surface area contributed by atoms with Crippen molar-refractivity contribution in [3.05, 3.63) is 29.3 Å². The number of hydrogen-bond donors (Lipinski definition) is 2. The van der Waals surface area contributed by atoms with Gasteiger partial charge in [0, 0.05) is 43.7 Å². The third kappa shape index (κ3) is 11.6. The smallest absolute Gasteiger partial charge is 0.435 e. The molecule has 0 amide bonds. The summed E-state index contributed by atoms with van der Waals surface area (Å²) in [4.78, 5) is 1.30. The maximum atomic E-state index is 13.2. The summed E-state index contributed by atoms with van der Waals surface area (Å²) in [5.74, 6) is 4.43. The maximum Gasteiger partial charge on any atom is 0.435 e. The zero-order chi connectivity index (χ0) is 41.2. The molecule has 0 aliphatic heterocycles. The van der Waals surface area contributed by atoms with E-state index in [1.165, 1.54) is 35.9 Å². The van der Waals surface area contributed by atoms with Crippen LogP contribution in [0.15, 0.2) is 18.2 Å². The van der Waals surface area contributed by atoms with Crippen molar-refractivity contribution < 1.29 is 63.9 Å². The lowest BCUT2D eigenvalue weighted by atomic mass is 9.55. The molecule has 0 radical (unpaired) electrons. The number of fused-ring (bicyclic) bond motifs is 5. The second-order valence-electron chi connectivity index (χ2n) is 15.9. The first-order chi connectivity index (χ1) is 26.4. The van der Waals surface area contributed by atoms with E-state index >= 15 is 0 Å². The van der Waals surface area contributed by atoms with Gasteiger partial charge in [-0.15, -0.1) is 0 Å². The van der Waals surface area contributed by atoms with Crippen LogP contribution in [0.25, 0.3) is 0 Å². The molecule has 17 heteroatoms. The highest BCUT2D eigenvalue weighted by Crippen LogP contribution is 2.62. The SMILES string of the molecule is CN(CCOC1CCC2C3CCc4cc(OCCCSSCCCCCCC(CO)CO)ccc4C3CCC12C)CCOC(C(F)(F)F)(C(F)(F)F)C(F)(F)F. The Morgan fingerprint density at radius 1 is 0.804 bits per heavy atom. The highest BCUT2D eigenvalue weighted by atomic mass is 33.1. The Kier molecular flexibility index (Phi) is 17.8. The molecule has 0 heterocycles. The number of aliphatic hydroxyl groups excluding tert-OH is 2. The molecule has 6 nitrogen and oxygen atoms in total. The normalized spacial score (nSPS) is 24.4. The number of hydrogen-bond acceptors (Lipinski definition) is 8. The fourth-order valence-electron chi connectivity index (χ4n) is 9.03. The number of rotatable bonds is 23. The molecule has 0 bridgehead atoms. The number of unbranched alkanes of at least 4 members (excludes halogenated alkanes) is 3. The van der Waals surface area contributed by atoms with Crippen LogP contribution in [0.2, 0.25) is 0 Å². The minimum atomic E-state index is -6.74. The second kappa shape index (κ2) is 20.9. The molecular weight excluding hydrogens is 798 g/mol. The van der Waals surface area contributed by atoms with E-state index in [0.717, 1.165) is 81.5 Å². The molecule has 4 rings (SSSR count). The molecule has 2 saturated carbocycles. The van der Waals surface area contributed by atoms with Gasteiger partial charge in [-0.3, -0.25) is 0 Å². The molecule has 2 fully saturated rings. The Labute approximate surface area is 332 Å². The van der Waals surface area contributed by atoms with Crippen molar-refractivity contribution in [1.29, 1.82) is 0 Å². The minimum Gasteiger partial charge on any atom is -0.494 e. The summed E-state index contributed by atoms with van der Waals surface area (Å²) in [6, 6.07) is 6.51. The van der Waals surface area contributed by atoms with Gasteiger partial charge in [0.2, 0.25) is 0 Å². The van der Waals surface area contributed by atoms with Gasteiger partial charge in [0.1, 0.15) is 5.75 Å². The lowest BCUT2D eigenvalue weighted by molar-refractivity contribution is -0.457. The molecule has 0 aromatic heterocycles. The van der Waals surface area contributed by atoms with E-state index in [-0.39, 0.29) is 43.8 Å². The van der Waals surface area contributed by atoms with E-state index in [1.807, 2.05) is 21.6 Å². The molecule has 1 aromatic rings. The number of benzene rings is 1. The number of likely N-dealkylation sites (N-methyl/N-ethyl adjacent to an activating group) is 1. The topological polar surface area (TPSA) is 71.4 Å². The Balaban J connectivity index is 1.15. The van der Waals surface area contributed by atoms with Crippen LogP contribution in [-0.2, 0) is 15.9 Å². The van der Waals surface area contributed by atoms with Crippen LogP contribution >= 0.6 is 21.6 Å². The number of alkyl halides is 9. The summed E-state index contributed by atoms with van der Waals surface area (Å²) in [5, 5.41) is 18.3. The fraction of sp³-hybridized carbons (Fsp3) is 0.846. The summed E-state index contributed by atoms with van der Waals surface area (Å²) in [6.45, 7) is 1.22. The highest BCUT2D eigenvalue weighted by molar-refractivity contribution is 8.76. The lowest BCUT2D eigenvalue weighted by Crippen LogP contribution is -2.68. The molecule has 3 aliphatic carbocycles. The van der Waals surface area contributed by atoms with Gasteiger partial charge >= 0.3 is 24.1 Å². The molecular formula is C39H58F9NO5S2. The van der Waals surface area contributed by atoms with Gasteiger partial charge in [-0.1, -0.05) is 53.8 Å². The van der Waals surface area contributed by atoms with E-state index in [0.29, 0.717) is 24.4 Å². The van der Waals surface area contributed by atoms with Crippen molar-refractivity contribution in [2.75, 3.05) is 64.7 Å². The van der Waals surface area contributed by atoms with Crippen molar-refractivity contribution in [2.24, 2.45) is 23.2 Å². The first kappa shape index (κ1) is 47.6. The number of aliphatic hydroxyl groups is 2. The van der Waals surface area contributed by atoms with Crippen LogP contribution in [0.4, 0.5) is 39.5 Å². The van der Waals surface area contributed by atoms with E-state index in [2.05, 4.69) is 29.9 Å². The fourth-order valence-corrected chi connectivity index (χ4v) is 11.2. The minimum absolute atomic E-state index is 0.0123. The molecule has 56 heavy (non-hydrogen) atoms. The maximum absolute atomic E-state index is 13.2. The molecule has 5 atom stereocenters. The molecule has 0 spiro atoms. The van der Waals surface area contributed by atoms with Crippen LogP contribution in [0.5, 0.6) is 5.75 Å². The van der Waals surface area contributed by atoms with E-state index in [9.17, 15) is 39.5 Å². The highest BCUT2D eigenvalue weighted by Gasteiger charge is 2.85. The molecule has 2 N–H and O–H groups in total. The van der Waals surface area contributed by atoms with Crippen LogP contribution in [0, 0.1) is 23.2 Å². The van der Waals surface area contributed by atoms with Crippen molar-refractivity contribution in [3.8, 4) is 5.75 Å². The van der Waals surface area contributed by atoms with Gasteiger partial charge in [-0.2, -0.15) is 39.5 Å². The standard InChI is InChI=1S/C39H58F9NO5S2/c1-35-16-15-31-30-12-10-29(52-19-7-23-56-55-22-6-4-3-5-8-27(25-50)26-51)24-28(30)9-11-32(31)33(35)13-14-34(35)53-20-17-49(2)18-21-54-36(37(40,41)42,38(43,44)45)39(46,47)48/h10,12,24,27,31-34,50-51H,3-9,11,13-23,25-26H2,1-2H3. The monoisotopic (exact) mass is 855 g/mol. The Morgan fingerprint density at radius 2 is 1.45 bits per heavy atom. The number of aryl methyl sites for hydroxylation is 1. The molecule has 324 valence electrons. The summed E-state index contributed by atoms with van der Waals surface area (Å²) in [7, 11) is 5.16.